The van der Waals surface area contributed by atoms with Crippen LogP contribution >= 0.6 is 0 Å². The lowest BCUT2D eigenvalue weighted by atomic mass is 10.0. The molecule has 0 aromatic rings. The maximum absolute atomic E-state index is 12.9. The molecule has 1 unspecified atom stereocenters. The molecule has 6 nitrogen and oxygen atoms in total. The van der Waals surface area contributed by atoms with E-state index in [0.717, 1.165) is 116 Å². The van der Waals surface area contributed by atoms with E-state index in [9.17, 15) is 14.4 Å². The summed E-state index contributed by atoms with van der Waals surface area (Å²) in [7, 11) is 0. The van der Waals surface area contributed by atoms with Gasteiger partial charge in [-0.2, -0.15) is 0 Å². The third-order valence-electron chi connectivity index (χ3n) is 14.7. The number of ether oxygens (including phenoxy) is 3. The SMILES string of the molecule is CC/C=C\C/C=C\C/C=C\C/C=C\C/C=C\CCCCCCCCCCCCCCCC(=O)OCC(COC(=O)CCCCCCCCC/C=C\CCCCCCCC)OC(=O)CCCCCCCCC/C=C\C/C=C\C/C=C\CC. The van der Waals surface area contributed by atoms with Crippen LogP contribution in [-0.4, -0.2) is 37.2 Å². The molecule has 0 saturated carbocycles. The maximum Gasteiger partial charge on any atom is 0.306 e. The summed E-state index contributed by atoms with van der Waals surface area (Å²) in [5.41, 5.74) is 0. The van der Waals surface area contributed by atoms with Crippen molar-refractivity contribution in [3.8, 4) is 0 Å². The maximum atomic E-state index is 12.9. The van der Waals surface area contributed by atoms with Crippen molar-refractivity contribution in [3.63, 3.8) is 0 Å². The van der Waals surface area contributed by atoms with Gasteiger partial charge in [-0.15, -0.1) is 0 Å². The Morgan fingerprint density at radius 2 is 0.481 bits per heavy atom. The number of unbranched alkanes of at least 4 members (excludes halogenated alkanes) is 33. The first-order chi connectivity index (χ1) is 40.0. The molecular weight excluding hydrogens is 997 g/mol. The number of carbonyl (C=O) groups excluding carboxylic acids is 3. The summed E-state index contributed by atoms with van der Waals surface area (Å²) >= 11 is 0. The van der Waals surface area contributed by atoms with E-state index < -0.39 is 6.10 Å². The molecule has 0 aromatic carbocycles. The molecule has 0 fully saturated rings. The summed E-state index contributed by atoms with van der Waals surface area (Å²) < 4.78 is 17.0. The second kappa shape index (κ2) is 68.6. The molecule has 1 atom stereocenters. The Bertz CT molecular complexity index is 1620. The second-order valence-corrected chi connectivity index (χ2v) is 22.7. The first-order valence-electron chi connectivity index (χ1n) is 34.4. The molecule has 6 heteroatoms. The van der Waals surface area contributed by atoms with Gasteiger partial charge in [0.2, 0.25) is 0 Å². The van der Waals surface area contributed by atoms with Crippen LogP contribution in [0, 0.1) is 0 Å². The van der Waals surface area contributed by atoms with Gasteiger partial charge in [0, 0.05) is 19.3 Å². The van der Waals surface area contributed by atoms with Gasteiger partial charge in [0.25, 0.3) is 0 Å². The van der Waals surface area contributed by atoms with Gasteiger partial charge in [-0.05, 0) is 122 Å². The van der Waals surface area contributed by atoms with Crippen molar-refractivity contribution in [1.82, 2.24) is 0 Å². The minimum Gasteiger partial charge on any atom is -0.462 e. The van der Waals surface area contributed by atoms with Crippen LogP contribution in [-0.2, 0) is 28.6 Å². The molecule has 81 heavy (non-hydrogen) atoms. The number of rotatable bonds is 62. The van der Waals surface area contributed by atoms with Crippen molar-refractivity contribution in [2.24, 2.45) is 0 Å². The summed E-state index contributed by atoms with van der Waals surface area (Å²) in [6.45, 7) is 6.43. The Hall–Kier alpha value is -3.93. The average Bonchev–Trinajstić information content (AvgIpc) is 3.47. The summed E-state index contributed by atoms with van der Waals surface area (Å²) in [5.74, 6) is -0.886. The van der Waals surface area contributed by atoms with E-state index in [-0.39, 0.29) is 31.1 Å². The molecule has 0 N–H and O–H groups in total. The number of allylic oxidation sites excluding steroid dienone is 18. The van der Waals surface area contributed by atoms with Gasteiger partial charge >= 0.3 is 17.9 Å². The molecule has 0 aromatic heterocycles. The third kappa shape index (κ3) is 66.8. The molecule has 0 rings (SSSR count). The monoisotopic (exact) mass is 1120 g/mol. The fraction of sp³-hybridized carbons (Fsp3) is 0.720. The Morgan fingerprint density at radius 1 is 0.259 bits per heavy atom. The molecule has 0 aliphatic rings. The largest absolute Gasteiger partial charge is 0.462 e. The number of hydrogen-bond acceptors (Lipinski definition) is 6. The molecule has 0 heterocycles. The van der Waals surface area contributed by atoms with E-state index in [4.69, 9.17) is 14.2 Å². The van der Waals surface area contributed by atoms with Gasteiger partial charge in [-0.1, -0.05) is 297 Å². The Morgan fingerprint density at radius 3 is 0.765 bits per heavy atom. The van der Waals surface area contributed by atoms with Crippen LogP contribution in [0.5, 0.6) is 0 Å². The number of esters is 3. The molecule has 464 valence electrons. The van der Waals surface area contributed by atoms with Crippen molar-refractivity contribution in [2.45, 2.75) is 335 Å². The van der Waals surface area contributed by atoms with Crippen molar-refractivity contribution < 1.29 is 28.6 Å². The van der Waals surface area contributed by atoms with Crippen LogP contribution < -0.4 is 0 Å². The molecule has 0 aliphatic carbocycles. The van der Waals surface area contributed by atoms with Crippen LogP contribution in [0.2, 0.25) is 0 Å². The van der Waals surface area contributed by atoms with Gasteiger partial charge in [0.05, 0.1) is 0 Å². The lowest BCUT2D eigenvalue weighted by Crippen LogP contribution is -2.30. The molecular formula is C75H128O6. The van der Waals surface area contributed by atoms with Crippen LogP contribution in [0.25, 0.3) is 0 Å². The smallest absolute Gasteiger partial charge is 0.306 e. The van der Waals surface area contributed by atoms with Gasteiger partial charge in [0.1, 0.15) is 13.2 Å². The zero-order chi connectivity index (χ0) is 58.5. The van der Waals surface area contributed by atoms with Crippen LogP contribution in [0.3, 0.4) is 0 Å². The minimum absolute atomic E-state index is 0.0829. The zero-order valence-electron chi connectivity index (χ0n) is 53.3. The highest BCUT2D eigenvalue weighted by atomic mass is 16.6. The molecule has 0 amide bonds. The highest BCUT2D eigenvalue weighted by molar-refractivity contribution is 5.71. The summed E-state index contributed by atoms with van der Waals surface area (Å²) in [6, 6.07) is 0. The van der Waals surface area contributed by atoms with Crippen LogP contribution in [0.1, 0.15) is 329 Å². The fourth-order valence-corrected chi connectivity index (χ4v) is 9.66. The van der Waals surface area contributed by atoms with E-state index in [1.165, 1.54) is 173 Å². The van der Waals surface area contributed by atoms with Gasteiger partial charge in [0.15, 0.2) is 6.10 Å². The summed E-state index contributed by atoms with van der Waals surface area (Å²) in [4.78, 5) is 38.4. The van der Waals surface area contributed by atoms with Crippen LogP contribution in [0.15, 0.2) is 109 Å². The van der Waals surface area contributed by atoms with Gasteiger partial charge in [-0.25, -0.2) is 0 Å². The molecule has 0 aliphatic heterocycles. The normalized spacial score (nSPS) is 12.8. The van der Waals surface area contributed by atoms with Gasteiger partial charge < -0.3 is 14.2 Å². The molecule has 0 spiro atoms. The van der Waals surface area contributed by atoms with Crippen molar-refractivity contribution in [1.29, 1.82) is 0 Å². The lowest BCUT2D eigenvalue weighted by Gasteiger charge is -2.18. The first-order valence-corrected chi connectivity index (χ1v) is 34.4. The molecule has 0 radical (unpaired) electrons. The topological polar surface area (TPSA) is 78.9 Å². The Kier molecular flexibility index (Phi) is 65.2. The van der Waals surface area contributed by atoms with E-state index in [0.29, 0.717) is 19.3 Å². The Labute approximate surface area is 501 Å². The lowest BCUT2D eigenvalue weighted by molar-refractivity contribution is -0.167. The minimum atomic E-state index is -0.788. The van der Waals surface area contributed by atoms with E-state index in [2.05, 4.69) is 130 Å². The summed E-state index contributed by atoms with van der Waals surface area (Å²) in [5, 5.41) is 0. The number of hydrogen-bond donors (Lipinski definition) is 0. The predicted octanol–water partition coefficient (Wildman–Crippen LogP) is 23.8. The second-order valence-electron chi connectivity index (χ2n) is 22.7. The van der Waals surface area contributed by atoms with E-state index in [1.54, 1.807) is 0 Å². The average molecular weight is 1130 g/mol. The molecule has 0 saturated heterocycles. The third-order valence-corrected chi connectivity index (χ3v) is 14.7. The van der Waals surface area contributed by atoms with Gasteiger partial charge in [-0.3, -0.25) is 14.4 Å². The van der Waals surface area contributed by atoms with Crippen molar-refractivity contribution in [3.05, 3.63) is 109 Å². The van der Waals surface area contributed by atoms with Crippen LogP contribution in [0.4, 0.5) is 0 Å². The highest BCUT2D eigenvalue weighted by Crippen LogP contribution is 2.17. The predicted molar refractivity (Wildman–Crippen MR) is 353 cm³/mol. The molecule has 0 bridgehead atoms. The van der Waals surface area contributed by atoms with Crippen molar-refractivity contribution >= 4 is 17.9 Å². The number of carbonyl (C=O) groups is 3. The zero-order valence-corrected chi connectivity index (χ0v) is 53.3. The Balaban J connectivity index is 4.31. The van der Waals surface area contributed by atoms with E-state index >= 15 is 0 Å². The first kappa shape index (κ1) is 77.1. The standard InChI is InChI=1S/C75H128O6/c1-4-7-10-13-16-19-22-25-28-31-32-33-34-35-36-37-38-39-40-41-42-45-47-50-53-56-59-62-65-68-74(77)80-71-72(81-75(78)69-66-63-60-57-54-51-48-44-30-27-24-21-18-15-12-9-6-3)70-79-73(76)67-64-61-58-55-52-49-46-43-29-26-23-20-17-14-11-8-5-2/h7,9-10,12,16,18-19,21,25-30,32-33,35-36,72H,4-6,8,11,13-15,17,20,22-24,31,34,37-71H2,1-3H3/b10-7-,12-9-,19-16-,21-18-,28-25-,29-26-,30-27-,33-32-,36-35-. The quantitative estimate of drug-likeness (QED) is 0.0261. The van der Waals surface area contributed by atoms with Crippen molar-refractivity contribution in [2.75, 3.05) is 13.2 Å². The fourth-order valence-electron chi connectivity index (χ4n) is 9.66. The highest BCUT2D eigenvalue weighted by Gasteiger charge is 2.19. The van der Waals surface area contributed by atoms with E-state index in [1.807, 2.05) is 0 Å². The summed E-state index contributed by atoms with van der Waals surface area (Å²) in [6.07, 6.45) is 93.9.